The molecule has 0 aliphatic carbocycles. The number of rotatable bonds is 35. The molecule has 0 radical (unpaired) electrons. The van der Waals surface area contributed by atoms with Crippen molar-refractivity contribution in [3.8, 4) is 0 Å². The second kappa shape index (κ2) is 33.9. The number of aliphatic hydroxyl groups is 1. The zero-order valence-electron chi connectivity index (χ0n) is 48.9. The summed E-state index contributed by atoms with van der Waals surface area (Å²) < 4.78 is 0. The van der Waals surface area contributed by atoms with Crippen molar-refractivity contribution in [3.63, 3.8) is 0 Å². The number of hydrogen-bond acceptors (Lipinski definition) is 16. The van der Waals surface area contributed by atoms with E-state index in [-0.39, 0.29) is 70.5 Å². The average molecular weight is 1210 g/mol. The van der Waals surface area contributed by atoms with Crippen LogP contribution >= 0.6 is 0 Å². The Balaban J connectivity index is 1.54. The number of para-hydroxylation sites is 1. The van der Waals surface area contributed by atoms with Gasteiger partial charge in [0.05, 0.1) is 25.5 Å². The number of fused-ring (bicyclic) bond motifs is 1. The molecule has 11 atom stereocenters. The van der Waals surface area contributed by atoms with Gasteiger partial charge >= 0.3 is 17.9 Å². The maximum absolute atomic E-state index is 14.3. The van der Waals surface area contributed by atoms with Crippen LogP contribution in [0.15, 0.2) is 30.5 Å². The summed E-state index contributed by atoms with van der Waals surface area (Å²) in [7, 11) is 0. The molecule has 2 aliphatic heterocycles. The van der Waals surface area contributed by atoms with E-state index in [9.17, 15) is 78.0 Å². The third-order valence-electron chi connectivity index (χ3n) is 15.2. The first kappa shape index (κ1) is 70.0. The number of guanidine groups is 1. The summed E-state index contributed by atoms with van der Waals surface area (Å²) in [4.78, 5) is 168. The fourth-order valence-electron chi connectivity index (χ4n) is 10.2. The Morgan fingerprint density at radius 2 is 1.21 bits per heavy atom. The third-order valence-corrected chi connectivity index (χ3v) is 15.2. The fraction of sp³-hybridized carbons (Fsp3) is 0.618. The number of aromatic nitrogens is 1. The lowest BCUT2D eigenvalue weighted by atomic mass is 9.97. The largest absolute Gasteiger partial charge is 0.481 e. The summed E-state index contributed by atoms with van der Waals surface area (Å²) in [6, 6.07) is -7.77. The van der Waals surface area contributed by atoms with Gasteiger partial charge in [0, 0.05) is 43.2 Å². The lowest BCUT2D eigenvalue weighted by molar-refractivity contribution is -0.147. The maximum atomic E-state index is 14.3. The van der Waals surface area contributed by atoms with Crippen LogP contribution in [0.2, 0.25) is 0 Å². The standard InChI is InChI=1S/C55H85N15O16/c1-5-29(4)44(68-49(80)40-18-12-22-70(40)53(84)37(25-42(74)75)65-48(79)39-17-11-21-69(39)52(83)32(57)14-10-20-60-55(58)59)51(82)64-36(24-41(72)73)46(77)63-35(23-30-26-61-33-15-7-6-13-31(30)33)45(76)66-38(27-71)47(78)67-43(28(2)3)50(81)62-34(54(85)86)16-8-9-19-56/h6-7,13,15,26,28-29,32,34-40,43-44,61,71H,5,8-12,14,16-25,27,56-57H2,1-4H3,(H,62,81)(H,63,77)(H,64,82)(H,65,79)(H,66,76)(H,67,78)(H,68,80)(H,72,73)(H,74,75)(H,85,86)(H4,58,59,60)/t29-,32-,34-,35-,36-,37-,38-,39-,40-,43-,44-/m0/s1. The van der Waals surface area contributed by atoms with Gasteiger partial charge in [-0.1, -0.05) is 52.3 Å². The number of amides is 9. The van der Waals surface area contributed by atoms with Gasteiger partial charge < -0.3 is 94.9 Å². The summed E-state index contributed by atoms with van der Waals surface area (Å²) >= 11 is 0. The zero-order chi connectivity index (χ0) is 63.9. The Labute approximate surface area is 496 Å². The van der Waals surface area contributed by atoms with Crippen LogP contribution in [0, 0.1) is 17.2 Å². The third kappa shape index (κ3) is 20.4. The number of aliphatic hydroxyl groups excluding tert-OH is 1. The summed E-state index contributed by atoms with van der Waals surface area (Å²) in [6.45, 7) is 6.01. The van der Waals surface area contributed by atoms with Crippen LogP contribution in [-0.2, 0) is 64.0 Å². The molecule has 0 saturated carbocycles. The minimum atomic E-state index is -1.93. The second-order valence-corrected chi connectivity index (χ2v) is 21.9. The van der Waals surface area contributed by atoms with E-state index in [1.807, 2.05) is 0 Å². The van der Waals surface area contributed by atoms with Crippen molar-refractivity contribution < 1.29 is 78.0 Å². The molecule has 2 aliphatic rings. The monoisotopic (exact) mass is 1210 g/mol. The van der Waals surface area contributed by atoms with Gasteiger partial charge in [0.2, 0.25) is 53.2 Å². The van der Waals surface area contributed by atoms with E-state index in [0.29, 0.717) is 48.7 Å². The Morgan fingerprint density at radius 1 is 0.663 bits per heavy atom. The molecule has 20 N–H and O–H groups in total. The first-order valence-electron chi connectivity index (χ1n) is 28.8. The smallest absolute Gasteiger partial charge is 0.326 e. The Kier molecular flexibility index (Phi) is 27.6. The Morgan fingerprint density at radius 3 is 1.79 bits per heavy atom. The minimum absolute atomic E-state index is 0.0322. The van der Waals surface area contributed by atoms with Crippen LogP contribution in [0.3, 0.4) is 0 Å². The molecule has 31 nitrogen and oxygen atoms in total. The van der Waals surface area contributed by atoms with Gasteiger partial charge in [-0.2, -0.15) is 0 Å². The molecule has 2 aromatic rings. The number of aromatic amines is 1. The number of nitrogens with zero attached hydrogens (tertiary/aromatic N) is 2. The number of nitrogens with two attached hydrogens (primary N) is 3. The molecular formula is C55H85N15O16. The summed E-state index contributed by atoms with van der Waals surface area (Å²) in [5, 5.41) is 67.8. The number of benzene rings is 1. The van der Waals surface area contributed by atoms with Crippen LogP contribution in [0.25, 0.3) is 10.9 Å². The molecular weight excluding hydrogens is 1130 g/mol. The van der Waals surface area contributed by atoms with Crippen LogP contribution < -0.4 is 59.7 Å². The van der Waals surface area contributed by atoms with Crippen molar-refractivity contribution in [1.82, 2.24) is 57.3 Å². The van der Waals surface area contributed by atoms with Crippen molar-refractivity contribution in [2.24, 2.45) is 29.0 Å². The van der Waals surface area contributed by atoms with Gasteiger partial charge in [0.25, 0.3) is 0 Å². The molecule has 9 amide bonds. The van der Waals surface area contributed by atoms with E-state index in [2.05, 4.69) is 47.5 Å². The highest BCUT2D eigenvalue weighted by molar-refractivity contribution is 6.00. The van der Waals surface area contributed by atoms with E-state index >= 15 is 0 Å². The normalized spacial score (nSPS) is 18.0. The van der Waals surface area contributed by atoms with E-state index in [0.717, 1.165) is 4.90 Å². The number of likely N-dealkylation sites (tertiary alicyclic amines) is 2. The molecule has 4 rings (SSSR count). The molecule has 0 bridgehead atoms. The molecule has 1 aromatic heterocycles. The van der Waals surface area contributed by atoms with Gasteiger partial charge in [-0.05, 0) is 87.8 Å². The highest BCUT2D eigenvalue weighted by atomic mass is 16.4. The van der Waals surface area contributed by atoms with E-state index in [1.165, 1.54) is 4.90 Å². The number of nitrogens with one attached hydrogen (secondary N) is 10. The van der Waals surface area contributed by atoms with Crippen LogP contribution in [-0.4, -0.2) is 205 Å². The number of carbonyl (C=O) groups is 12. The first-order chi connectivity index (χ1) is 40.7. The lowest BCUT2D eigenvalue weighted by Crippen LogP contribution is -2.62. The molecule has 3 heterocycles. The molecule has 1 aromatic carbocycles. The van der Waals surface area contributed by atoms with E-state index in [1.54, 1.807) is 58.2 Å². The number of H-pyrrole nitrogens is 1. The number of carboxylic acids is 3. The molecule has 476 valence electrons. The van der Waals surface area contributed by atoms with Gasteiger partial charge in [-0.25, -0.2) is 4.79 Å². The number of carbonyl (C=O) groups excluding carboxylic acids is 9. The van der Waals surface area contributed by atoms with E-state index < -0.39 is 163 Å². The highest BCUT2D eigenvalue weighted by Gasteiger charge is 2.43. The highest BCUT2D eigenvalue weighted by Crippen LogP contribution is 2.24. The molecule has 31 heteroatoms. The summed E-state index contributed by atoms with van der Waals surface area (Å²) in [5.41, 5.74) is 18.1. The first-order valence-corrected chi connectivity index (χ1v) is 28.8. The number of hydrogen-bond donors (Lipinski definition) is 17. The SMILES string of the molecule is CC[C@H](C)[C@H](NC(=O)[C@@H]1CCCN1C(=O)[C@H](CC(=O)O)NC(=O)[C@@H]1CCCN1C(=O)[C@@H](N)CCCNC(=N)N)C(=O)N[C@@H](CC(=O)O)C(=O)N[C@@H](Cc1c[nH]c2ccccc12)C(=O)N[C@@H](CO)C(=O)N[C@H](C(=O)N[C@@H](CCCCN)C(=O)O)C(C)C. The lowest BCUT2D eigenvalue weighted by Gasteiger charge is -2.32. The topological polar surface area (TPSA) is 506 Å². The van der Waals surface area contributed by atoms with E-state index in [4.69, 9.17) is 22.6 Å². The predicted molar refractivity (Wildman–Crippen MR) is 309 cm³/mol. The van der Waals surface area contributed by atoms with Gasteiger partial charge in [0.15, 0.2) is 5.96 Å². The Bertz CT molecular complexity index is 2760. The van der Waals surface area contributed by atoms with Crippen LogP contribution in [0.4, 0.5) is 0 Å². The molecule has 0 unspecified atom stereocenters. The molecule has 2 fully saturated rings. The van der Waals surface area contributed by atoms with Gasteiger partial charge in [0.1, 0.15) is 54.4 Å². The quantitative estimate of drug-likeness (QED) is 0.0181. The molecule has 86 heavy (non-hydrogen) atoms. The number of carboxylic acid groups (broad SMARTS) is 3. The Hall–Kier alpha value is -8.45. The summed E-state index contributed by atoms with van der Waals surface area (Å²) in [6.07, 6.45) is 1.84. The van der Waals surface area contributed by atoms with Gasteiger partial charge in [-0.15, -0.1) is 0 Å². The summed E-state index contributed by atoms with van der Waals surface area (Å²) in [5.74, 6) is -14.4. The predicted octanol–water partition coefficient (Wildman–Crippen LogP) is -3.47. The van der Waals surface area contributed by atoms with Crippen molar-refractivity contribution in [2.75, 3.05) is 32.8 Å². The molecule has 2 saturated heterocycles. The van der Waals surface area contributed by atoms with Crippen molar-refractivity contribution in [3.05, 3.63) is 36.0 Å². The maximum Gasteiger partial charge on any atom is 0.326 e. The van der Waals surface area contributed by atoms with Crippen LogP contribution in [0.5, 0.6) is 0 Å². The molecule has 0 spiro atoms. The minimum Gasteiger partial charge on any atom is -0.481 e. The fourth-order valence-corrected chi connectivity index (χ4v) is 10.2. The van der Waals surface area contributed by atoms with Crippen molar-refractivity contribution in [1.29, 1.82) is 5.41 Å². The van der Waals surface area contributed by atoms with Crippen LogP contribution in [0.1, 0.15) is 110 Å². The number of aliphatic carboxylic acids is 3. The number of unbranched alkanes of at least 4 members (excludes halogenated alkanes) is 1. The van der Waals surface area contributed by atoms with Crippen molar-refractivity contribution >= 4 is 87.9 Å². The van der Waals surface area contributed by atoms with Crippen molar-refractivity contribution in [2.45, 2.75) is 172 Å². The zero-order valence-corrected chi connectivity index (χ0v) is 48.9. The average Bonchev–Trinajstić information content (AvgIpc) is 2.86. The van der Waals surface area contributed by atoms with Gasteiger partial charge in [-0.3, -0.25) is 58.1 Å². The second-order valence-electron chi connectivity index (χ2n) is 21.9.